The molecule has 132 valence electrons. The van der Waals surface area contributed by atoms with Gasteiger partial charge in [0, 0.05) is 35.1 Å². The number of aryl methyl sites for hydroxylation is 1. The lowest BCUT2D eigenvalue weighted by Crippen LogP contribution is -2.42. The van der Waals surface area contributed by atoms with E-state index in [1.54, 1.807) is 6.20 Å². The summed E-state index contributed by atoms with van der Waals surface area (Å²) in [7, 11) is 0. The number of rotatable bonds is 2. The van der Waals surface area contributed by atoms with Crippen LogP contribution in [0.2, 0.25) is 0 Å². The zero-order valence-electron chi connectivity index (χ0n) is 14.6. The van der Waals surface area contributed by atoms with Crippen molar-refractivity contribution in [2.45, 2.75) is 13.0 Å². The molecule has 2 N–H and O–H groups in total. The first kappa shape index (κ1) is 16.5. The van der Waals surface area contributed by atoms with Crippen LogP contribution in [0.15, 0.2) is 48.7 Å². The number of hydrogen-bond donors (Lipinski definition) is 1. The summed E-state index contributed by atoms with van der Waals surface area (Å²) in [6.45, 7) is 3.36. The van der Waals surface area contributed by atoms with Crippen LogP contribution in [0.25, 0.3) is 10.9 Å². The van der Waals surface area contributed by atoms with Gasteiger partial charge >= 0.3 is 0 Å². The second kappa shape index (κ2) is 6.72. The Morgan fingerprint density at radius 1 is 1.27 bits per heavy atom. The lowest BCUT2D eigenvalue weighted by Gasteiger charge is -2.33. The van der Waals surface area contributed by atoms with Gasteiger partial charge in [-0.15, -0.1) is 0 Å². The summed E-state index contributed by atoms with van der Waals surface area (Å²) >= 11 is 0. The van der Waals surface area contributed by atoms with Crippen LogP contribution < -0.4 is 5.73 Å². The van der Waals surface area contributed by atoms with Gasteiger partial charge in [0.25, 0.3) is 5.91 Å². The summed E-state index contributed by atoms with van der Waals surface area (Å²) in [6, 6.07) is 13.0. The van der Waals surface area contributed by atoms with Crippen LogP contribution in [0.3, 0.4) is 0 Å². The van der Waals surface area contributed by atoms with E-state index in [4.69, 9.17) is 10.5 Å². The number of nitrogens with zero attached hydrogens (tertiary/aromatic N) is 3. The van der Waals surface area contributed by atoms with Gasteiger partial charge in [0.2, 0.25) is 0 Å². The highest BCUT2D eigenvalue weighted by atomic mass is 16.5. The van der Waals surface area contributed by atoms with Crippen LogP contribution in [-0.4, -0.2) is 40.5 Å². The van der Waals surface area contributed by atoms with Crippen LogP contribution in [0.1, 0.15) is 27.8 Å². The molecule has 0 saturated carbocycles. The van der Waals surface area contributed by atoms with Crippen molar-refractivity contribution in [1.82, 2.24) is 14.9 Å². The van der Waals surface area contributed by atoms with Crippen molar-refractivity contribution in [3.8, 4) is 0 Å². The van der Waals surface area contributed by atoms with Crippen molar-refractivity contribution in [1.29, 1.82) is 0 Å². The molecule has 26 heavy (non-hydrogen) atoms. The van der Waals surface area contributed by atoms with E-state index in [0.717, 1.165) is 22.3 Å². The highest BCUT2D eigenvalue weighted by Crippen LogP contribution is 2.25. The second-order valence-corrected chi connectivity index (χ2v) is 6.45. The van der Waals surface area contributed by atoms with Crippen LogP contribution in [0.5, 0.6) is 0 Å². The molecule has 1 amide bonds. The Balaban J connectivity index is 1.62. The van der Waals surface area contributed by atoms with E-state index in [9.17, 15) is 4.79 Å². The lowest BCUT2D eigenvalue weighted by atomic mass is 10.1. The van der Waals surface area contributed by atoms with Crippen molar-refractivity contribution >= 4 is 22.5 Å². The molecule has 1 saturated heterocycles. The number of carbonyl (C=O) groups excluding carboxylic acids is 1. The van der Waals surface area contributed by atoms with E-state index in [1.807, 2.05) is 54.3 Å². The van der Waals surface area contributed by atoms with Crippen LogP contribution >= 0.6 is 0 Å². The lowest BCUT2D eigenvalue weighted by molar-refractivity contribution is -0.0246. The quantitative estimate of drug-likeness (QED) is 0.770. The highest BCUT2D eigenvalue weighted by Gasteiger charge is 2.28. The van der Waals surface area contributed by atoms with Crippen molar-refractivity contribution in [3.63, 3.8) is 0 Å². The van der Waals surface area contributed by atoms with Gasteiger partial charge in [-0.05, 0) is 37.3 Å². The maximum absolute atomic E-state index is 13.1. The van der Waals surface area contributed by atoms with Gasteiger partial charge in [0.15, 0.2) is 0 Å². The molecule has 1 aliphatic rings. The smallest absolute Gasteiger partial charge is 0.254 e. The van der Waals surface area contributed by atoms with Crippen LogP contribution in [0, 0.1) is 6.92 Å². The number of amides is 1. The zero-order valence-corrected chi connectivity index (χ0v) is 14.6. The number of anilines is 1. The second-order valence-electron chi connectivity index (χ2n) is 6.45. The number of carbonyl (C=O) groups is 1. The van der Waals surface area contributed by atoms with Crippen molar-refractivity contribution in [2.24, 2.45) is 0 Å². The van der Waals surface area contributed by atoms with E-state index < -0.39 is 0 Å². The average molecular weight is 348 g/mol. The first-order valence-corrected chi connectivity index (χ1v) is 8.60. The molecule has 0 unspecified atom stereocenters. The number of fused-ring (bicyclic) bond motifs is 1. The predicted octanol–water partition coefficient (Wildman–Crippen LogP) is 2.73. The minimum absolute atomic E-state index is 0.0162. The maximum atomic E-state index is 13.1. The number of nitrogen functional groups attached to an aromatic ring is 1. The molecule has 0 bridgehead atoms. The van der Waals surface area contributed by atoms with E-state index in [0.29, 0.717) is 30.9 Å². The molecule has 6 nitrogen and oxygen atoms in total. The highest BCUT2D eigenvalue weighted by molar-refractivity contribution is 6.06. The first-order chi connectivity index (χ1) is 12.6. The molecular weight excluding hydrogens is 328 g/mol. The van der Waals surface area contributed by atoms with Crippen molar-refractivity contribution < 1.29 is 9.53 Å². The third-order valence-corrected chi connectivity index (χ3v) is 4.56. The predicted molar refractivity (Wildman–Crippen MR) is 99.7 cm³/mol. The van der Waals surface area contributed by atoms with Gasteiger partial charge in [0.1, 0.15) is 6.10 Å². The van der Waals surface area contributed by atoms with E-state index in [2.05, 4.69) is 9.97 Å². The number of pyridine rings is 2. The molecule has 0 aliphatic carbocycles. The van der Waals surface area contributed by atoms with E-state index in [-0.39, 0.29) is 12.0 Å². The van der Waals surface area contributed by atoms with Gasteiger partial charge in [-0.2, -0.15) is 0 Å². The number of hydrogen-bond acceptors (Lipinski definition) is 5. The summed E-state index contributed by atoms with van der Waals surface area (Å²) in [4.78, 5) is 23.8. The fraction of sp³-hybridized carbons (Fsp3) is 0.250. The Labute approximate surface area is 151 Å². The molecule has 1 atom stereocenters. The molecule has 1 fully saturated rings. The number of ether oxygens (including phenoxy) is 1. The largest absolute Gasteiger partial charge is 0.399 e. The minimum Gasteiger partial charge on any atom is -0.399 e. The first-order valence-electron chi connectivity index (χ1n) is 8.60. The molecule has 2 aromatic heterocycles. The molecule has 1 aliphatic heterocycles. The summed E-state index contributed by atoms with van der Waals surface area (Å²) in [5, 5.41) is 0.862. The number of benzene rings is 1. The van der Waals surface area contributed by atoms with Crippen molar-refractivity contribution in [2.75, 3.05) is 25.4 Å². The van der Waals surface area contributed by atoms with E-state index in [1.165, 1.54) is 0 Å². The standard InChI is InChI=1S/C20H20N4O2/c1-13-10-14(21)11-18(23-13)19-12-24(8-9-26-19)20(25)16-4-2-6-17-15(16)5-3-7-22-17/h2-7,10-11,19H,8-9,12H2,1H3,(H2,21,23)/t19-/m1/s1. The Morgan fingerprint density at radius 2 is 2.15 bits per heavy atom. The minimum atomic E-state index is -0.275. The van der Waals surface area contributed by atoms with Crippen molar-refractivity contribution in [3.05, 3.63) is 65.6 Å². The Morgan fingerprint density at radius 3 is 3.00 bits per heavy atom. The molecule has 3 heterocycles. The summed E-state index contributed by atoms with van der Waals surface area (Å²) in [6.07, 6.45) is 1.46. The van der Waals surface area contributed by atoms with Gasteiger partial charge in [0.05, 0.1) is 24.4 Å². The SMILES string of the molecule is Cc1cc(N)cc([C@H]2CN(C(=O)c3cccc4ncccc34)CCO2)n1. The molecule has 0 spiro atoms. The third-order valence-electron chi connectivity index (χ3n) is 4.56. The molecule has 1 aromatic carbocycles. The topological polar surface area (TPSA) is 81.3 Å². The number of morpholine rings is 1. The average Bonchev–Trinajstić information content (AvgIpc) is 2.66. The van der Waals surface area contributed by atoms with Gasteiger partial charge in [-0.25, -0.2) is 0 Å². The molecule has 0 radical (unpaired) electrons. The molecule has 3 aromatic rings. The monoisotopic (exact) mass is 348 g/mol. The normalized spacial score (nSPS) is 17.4. The zero-order chi connectivity index (χ0) is 18.1. The number of nitrogens with two attached hydrogens (primary N) is 1. The Hall–Kier alpha value is -2.99. The number of aromatic nitrogens is 2. The fourth-order valence-corrected chi connectivity index (χ4v) is 3.36. The Kier molecular flexibility index (Phi) is 4.26. The van der Waals surface area contributed by atoms with Gasteiger partial charge < -0.3 is 15.4 Å². The molecular formula is C20H20N4O2. The summed E-state index contributed by atoms with van der Waals surface area (Å²) in [5.74, 6) is -0.0162. The van der Waals surface area contributed by atoms with Gasteiger partial charge in [-0.3, -0.25) is 14.8 Å². The van der Waals surface area contributed by atoms with E-state index >= 15 is 0 Å². The van der Waals surface area contributed by atoms with Crippen LogP contribution in [-0.2, 0) is 4.74 Å². The molecule has 6 heteroatoms. The van der Waals surface area contributed by atoms with Gasteiger partial charge in [-0.1, -0.05) is 12.1 Å². The maximum Gasteiger partial charge on any atom is 0.254 e. The summed E-state index contributed by atoms with van der Waals surface area (Å²) in [5.41, 5.74) is 9.66. The van der Waals surface area contributed by atoms with Crippen LogP contribution in [0.4, 0.5) is 5.69 Å². The Bertz CT molecular complexity index is 947. The fourth-order valence-electron chi connectivity index (χ4n) is 3.36. The summed E-state index contributed by atoms with van der Waals surface area (Å²) < 4.78 is 5.85. The molecule has 4 rings (SSSR count). The third kappa shape index (κ3) is 3.11.